The van der Waals surface area contributed by atoms with E-state index in [0.717, 1.165) is 28.4 Å². The number of benzene rings is 2. The maximum absolute atomic E-state index is 12.3. The predicted octanol–water partition coefficient (Wildman–Crippen LogP) is 7.13. The van der Waals surface area contributed by atoms with Crippen LogP contribution in [0.1, 0.15) is 141 Å². The minimum absolute atomic E-state index is 0. The van der Waals surface area contributed by atoms with Crippen molar-refractivity contribution in [3.8, 4) is 0 Å². The zero-order chi connectivity index (χ0) is 29.2. The molecule has 1 atom stereocenters. The summed E-state index contributed by atoms with van der Waals surface area (Å²) < 4.78 is 38.2. The Labute approximate surface area is 300 Å². The van der Waals surface area contributed by atoms with Crippen molar-refractivity contribution in [3.05, 3.63) is 60.2 Å². The summed E-state index contributed by atoms with van der Waals surface area (Å²) >= 11 is 0. The number of hydrogen-bond acceptors (Lipinski definition) is 4. The zero-order valence-corrected chi connectivity index (χ0v) is 30.6. The summed E-state index contributed by atoms with van der Waals surface area (Å²) in [6.45, 7) is 2.86. The first-order valence-corrected chi connectivity index (χ1v) is 18.0. The van der Waals surface area contributed by atoms with E-state index in [1.54, 1.807) is 12.1 Å². The van der Waals surface area contributed by atoms with Gasteiger partial charge in [-0.1, -0.05) is 165 Å². The summed E-state index contributed by atoms with van der Waals surface area (Å²) in [5.74, 6) is 0. The molecule has 0 saturated heterocycles. The van der Waals surface area contributed by atoms with Gasteiger partial charge in [0.2, 0.25) is 0 Å². The van der Waals surface area contributed by atoms with Crippen LogP contribution in [0.2, 0.25) is 0 Å². The Bertz CT molecular complexity index is 1070. The predicted molar refractivity (Wildman–Crippen MR) is 173 cm³/mol. The number of nitrogens with zero attached hydrogens (tertiary/aromatic N) is 2. The Morgan fingerprint density at radius 1 is 0.595 bits per heavy atom. The van der Waals surface area contributed by atoms with Gasteiger partial charge in [-0.3, -0.25) is 4.31 Å². The molecule has 0 radical (unpaired) electrons. The van der Waals surface area contributed by atoms with Gasteiger partial charge < -0.3 is 9.45 Å². The molecule has 0 amide bonds. The van der Waals surface area contributed by atoms with Crippen LogP contribution in [0.4, 0.5) is 11.4 Å². The molecular formula is C35H55KN2O3S. The van der Waals surface area contributed by atoms with Gasteiger partial charge in [0, 0.05) is 6.54 Å². The largest absolute Gasteiger partial charge is 1.00 e. The van der Waals surface area contributed by atoms with E-state index in [4.69, 9.17) is 0 Å². The van der Waals surface area contributed by atoms with E-state index in [2.05, 4.69) is 11.8 Å². The summed E-state index contributed by atoms with van der Waals surface area (Å²) in [6, 6.07) is 17.4. The van der Waals surface area contributed by atoms with Crippen molar-refractivity contribution >= 4 is 21.7 Å². The van der Waals surface area contributed by atoms with E-state index in [1.165, 1.54) is 109 Å². The van der Waals surface area contributed by atoms with Crippen LogP contribution >= 0.6 is 0 Å². The van der Waals surface area contributed by atoms with Crippen LogP contribution in [0.3, 0.4) is 0 Å². The van der Waals surface area contributed by atoms with Crippen molar-refractivity contribution in [1.82, 2.24) is 0 Å². The first-order chi connectivity index (χ1) is 20.0. The molecule has 5 nitrogen and oxygen atoms in total. The Balaban J connectivity index is 0.00000616. The van der Waals surface area contributed by atoms with E-state index >= 15 is 0 Å². The molecule has 7 heteroatoms. The van der Waals surface area contributed by atoms with E-state index in [0.29, 0.717) is 18.7 Å². The van der Waals surface area contributed by atoms with Gasteiger partial charge >= 0.3 is 51.4 Å². The standard InChI is InChI=1S/C35H56N2O3S.K/c1-2-3-4-5-6-7-8-9-10-11-12-13-14-15-16-17-18-19-23-30-35-36(31-32-26-21-20-22-27-32)33-28-24-25-29-34(33)37(35)41(38,39)40;/h20-22,24-29,35H,2-19,23,30-31H2,1H3,(H,38,39,40);/q;+1/p-1. The molecule has 0 bridgehead atoms. The number of hydrogen-bond donors (Lipinski definition) is 0. The second-order valence-electron chi connectivity index (χ2n) is 12.0. The minimum Gasteiger partial charge on any atom is -0.731 e. The smallest absolute Gasteiger partial charge is 0.731 e. The number of rotatable bonds is 23. The first-order valence-electron chi connectivity index (χ1n) is 16.7. The molecule has 0 saturated carbocycles. The van der Waals surface area contributed by atoms with E-state index in [1.807, 2.05) is 42.5 Å². The van der Waals surface area contributed by atoms with Gasteiger partial charge in [-0.2, -0.15) is 0 Å². The van der Waals surface area contributed by atoms with E-state index in [-0.39, 0.29) is 51.4 Å². The second kappa shape index (κ2) is 22.1. The molecule has 2 aromatic rings. The Morgan fingerprint density at radius 3 is 1.45 bits per heavy atom. The fraction of sp³-hybridized carbons (Fsp3) is 0.657. The summed E-state index contributed by atoms with van der Waals surface area (Å²) in [5.41, 5.74) is 2.42. The number of unbranched alkanes of at least 4 members (excludes halogenated alkanes) is 18. The third-order valence-electron chi connectivity index (χ3n) is 8.56. The Hall–Kier alpha value is -0.414. The summed E-state index contributed by atoms with van der Waals surface area (Å²) in [6.07, 6.45) is 25.4. The summed E-state index contributed by atoms with van der Waals surface area (Å²) in [4.78, 5) is 2.09. The molecule has 0 N–H and O–H groups in total. The molecule has 0 spiro atoms. The second-order valence-corrected chi connectivity index (χ2v) is 13.2. The van der Waals surface area contributed by atoms with Gasteiger partial charge in [0.1, 0.15) is 6.17 Å². The van der Waals surface area contributed by atoms with Crippen LogP contribution in [-0.4, -0.2) is 19.1 Å². The number of para-hydroxylation sites is 2. The van der Waals surface area contributed by atoms with Crippen molar-refractivity contribution in [2.45, 2.75) is 148 Å². The molecule has 0 fully saturated rings. The molecule has 1 aliphatic rings. The van der Waals surface area contributed by atoms with Crippen LogP contribution in [0, 0.1) is 0 Å². The maximum atomic E-state index is 12.3. The molecule has 42 heavy (non-hydrogen) atoms. The normalized spacial score (nSPS) is 14.7. The summed E-state index contributed by atoms with van der Waals surface area (Å²) in [5, 5.41) is 0. The molecule has 0 aromatic heterocycles. The zero-order valence-electron chi connectivity index (χ0n) is 26.7. The fourth-order valence-corrected chi connectivity index (χ4v) is 7.17. The van der Waals surface area contributed by atoms with E-state index < -0.39 is 16.5 Å². The number of fused-ring (bicyclic) bond motifs is 1. The van der Waals surface area contributed by atoms with Crippen molar-refractivity contribution in [1.29, 1.82) is 0 Å². The average molecular weight is 623 g/mol. The minimum atomic E-state index is -4.62. The molecular weight excluding hydrogens is 568 g/mol. The number of anilines is 2. The third kappa shape index (κ3) is 13.7. The fourth-order valence-electron chi connectivity index (χ4n) is 6.26. The molecule has 3 rings (SSSR count). The monoisotopic (exact) mass is 622 g/mol. The van der Waals surface area contributed by atoms with Gasteiger partial charge in [0.05, 0.1) is 11.4 Å². The van der Waals surface area contributed by atoms with Gasteiger partial charge in [0.15, 0.2) is 10.3 Å². The molecule has 0 aliphatic carbocycles. The van der Waals surface area contributed by atoms with Crippen molar-refractivity contribution < 1.29 is 64.4 Å². The molecule has 2 aromatic carbocycles. The van der Waals surface area contributed by atoms with Crippen LogP contribution < -0.4 is 60.6 Å². The molecule has 1 unspecified atom stereocenters. The quantitative estimate of drug-likeness (QED) is 0.0752. The Morgan fingerprint density at radius 2 is 1.00 bits per heavy atom. The van der Waals surface area contributed by atoms with Gasteiger partial charge in [-0.15, -0.1) is 0 Å². The molecule has 1 aliphatic heterocycles. The van der Waals surface area contributed by atoms with Crippen molar-refractivity contribution in [3.63, 3.8) is 0 Å². The van der Waals surface area contributed by atoms with Gasteiger partial charge in [-0.05, 0) is 30.5 Å². The average Bonchev–Trinajstić information content (AvgIpc) is 3.28. The van der Waals surface area contributed by atoms with Crippen LogP contribution in [0.5, 0.6) is 0 Å². The third-order valence-corrected chi connectivity index (χ3v) is 9.48. The summed E-state index contributed by atoms with van der Waals surface area (Å²) in [7, 11) is -4.62. The van der Waals surface area contributed by atoms with Crippen molar-refractivity contribution in [2.24, 2.45) is 0 Å². The van der Waals surface area contributed by atoms with Gasteiger partial charge in [-0.25, -0.2) is 8.42 Å². The van der Waals surface area contributed by atoms with Gasteiger partial charge in [0.25, 0.3) is 0 Å². The Kier molecular flexibility index (Phi) is 19.9. The van der Waals surface area contributed by atoms with Crippen molar-refractivity contribution in [2.75, 3.05) is 9.21 Å². The molecule has 230 valence electrons. The SMILES string of the molecule is CCCCCCCCCCCCCCCCCCCCCC1N(Cc2ccccc2)c2ccccc2N1S(=O)(=O)[O-].[K+]. The van der Waals surface area contributed by atoms with Crippen LogP contribution in [-0.2, 0) is 16.8 Å². The first kappa shape index (κ1) is 37.8. The topological polar surface area (TPSA) is 63.7 Å². The van der Waals surface area contributed by atoms with E-state index in [9.17, 15) is 13.0 Å². The molecule has 1 heterocycles. The van der Waals surface area contributed by atoms with Crippen LogP contribution in [0.25, 0.3) is 0 Å². The van der Waals surface area contributed by atoms with Crippen LogP contribution in [0.15, 0.2) is 54.6 Å². The maximum Gasteiger partial charge on any atom is 1.00 e.